The molecular weight excluding hydrogens is 228 g/mol. The molecule has 1 rings (SSSR count). The molecule has 0 aromatic heterocycles. The zero-order valence-corrected chi connectivity index (χ0v) is 12.4. The van der Waals surface area contributed by atoms with Gasteiger partial charge < -0.3 is 15.4 Å². The highest BCUT2D eigenvalue weighted by Gasteiger charge is 2.28. The Morgan fingerprint density at radius 2 is 1.72 bits per heavy atom. The second-order valence-corrected chi connectivity index (χ2v) is 6.47. The summed E-state index contributed by atoms with van der Waals surface area (Å²) in [5.74, 6) is 0. The Kier molecular flexibility index (Phi) is 5.45. The molecule has 0 radical (unpaired) electrons. The van der Waals surface area contributed by atoms with Crippen molar-refractivity contribution in [2.24, 2.45) is 0 Å². The maximum absolute atomic E-state index is 11.8. The van der Waals surface area contributed by atoms with E-state index in [-0.39, 0.29) is 12.1 Å². The minimum absolute atomic E-state index is 0.191. The molecule has 1 saturated carbocycles. The summed E-state index contributed by atoms with van der Waals surface area (Å²) >= 11 is 0. The third kappa shape index (κ3) is 5.71. The Morgan fingerprint density at radius 3 is 2.22 bits per heavy atom. The van der Waals surface area contributed by atoms with Crippen LogP contribution in [0, 0.1) is 0 Å². The molecule has 0 aliphatic heterocycles. The van der Waals surface area contributed by atoms with Gasteiger partial charge in [0.1, 0.15) is 5.60 Å². The summed E-state index contributed by atoms with van der Waals surface area (Å²) in [6, 6.07) is 0.998. The predicted octanol–water partition coefficient (Wildman–Crippen LogP) is 2.82. The molecular formula is C14H28N2O2. The second-order valence-electron chi connectivity index (χ2n) is 6.47. The van der Waals surface area contributed by atoms with Crippen molar-refractivity contribution in [1.82, 2.24) is 10.6 Å². The maximum Gasteiger partial charge on any atom is 0.407 e. The van der Waals surface area contributed by atoms with E-state index in [9.17, 15) is 4.79 Å². The summed E-state index contributed by atoms with van der Waals surface area (Å²) in [6.45, 7) is 9.93. The number of hydrogen-bond donors (Lipinski definition) is 2. The monoisotopic (exact) mass is 256 g/mol. The van der Waals surface area contributed by atoms with E-state index < -0.39 is 5.60 Å². The highest BCUT2D eigenvalue weighted by Crippen LogP contribution is 2.19. The third-order valence-electron chi connectivity index (χ3n) is 3.02. The summed E-state index contributed by atoms with van der Waals surface area (Å²) < 4.78 is 5.32. The van der Waals surface area contributed by atoms with Gasteiger partial charge in [-0.05, 0) is 33.6 Å². The first kappa shape index (κ1) is 15.3. The molecule has 2 N–H and O–H groups in total. The van der Waals surface area contributed by atoms with Crippen LogP contribution < -0.4 is 10.6 Å². The largest absolute Gasteiger partial charge is 0.444 e. The van der Waals surface area contributed by atoms with E-state index in [1.54, 1.807) is 0 Å². The SMILES string of the molecule is CC(C)N[C@@H]1CCCC[C@@H]1NC(=O)OC(C)(C)C. The van der Waals surface area contributed by atoms with Crippen molar-refractivity contribution in [2.75, 3.05) is 0 Å². The fourth-order valence-electron chi connectivity index (χ4n) is 2.39. The van der Waals surface area contributed by atoms with E-state index in [1.807, 2.05) is 20.8 Å². The number of hydrogen-bond acceptors (Lipinski definition) is 3. The first-order chi connectivity index (χ1) is 8.28. The molecule has 0 aromatic rings. The van der Waals surface area contributed by atoms with E-state index in [1.165, 1.54) is 12.8 Å². The van der Waals surface area contributed by atoms with Gasteiger partial charge in [-0.3, -0.25) is 0 Å². The fourth-order valence-corrected chi connectivity index (χ4v) is 2.39. The molecule has 4 heteroatoms. The highest BCUT2D eigenvalue weighted by atomic mass is 16.6. The van der Waals surface area contributed by atoms with Gasteiger partial charge in [-0.15, -0.1) is 0 Å². The van der Waals surface area contributed by atoms with Crippen molar-refractivity contribution in [2.45, 2.75) is 84.0 Å². The van der Waals surface area contributed by atoms with E-state index in [0.29, 0.717) is 12.1 Å². The van der Waals surface area contributed by atoms with Crippen LogP contribution in [0.3, 0.4) is 0 Å². The number of carbonyl (C=O) groups is 1. The van der Waals surface area contributed by atoms with Gasteiger partial charge in [-0.2, -0.15) is 0 Å². The molecule has 18 heavy (non-hydrogen) atoms. The second kappa shape index (κ2) is 6.41. The van der Waals surface area contributed by atoms with Gasteiger partial charge in [0, 0.05) is 18.1 Å². The lowest BCUT2D eigenvalue weighted by Gasteiger charge is -2.34. The summed E-state index contributed by atoms with van der Waals surface area (Å²) in [6.07, 6.45) is 4.26. The summed E-state index contributed by atoms with van der Waals surface area (Å²) in [4.78, 5) is 11.8. The van der Waals surface area contributed by atoms with Crippen LogP contribution in [0.4, 0.5) is 4.79 Å². The quantitative estimate of drug-likeness (QED) is 0.816. The van der Waals surface area contributed by atoms with Gasteiger partial charge in [-0.1, -0.05) is 26.7 Å². The molecule has 1 amide bonds. The highest BCUT2D eigenvalue weighted by molar-refractivity contribution is 5.68. The molecule has 1 fully saturated rings. The Hall–Kier alpha value is -0.770. The molecule has 4 nitrogen and oxygen atoms in total. The van der Waals surface area contributed by atoms with Crippen LogP contribution in [0.15, 0.2) is 0 Å². The third-order valence-corrected chi connectivity index (χ3v) is 3.02. The van der Waals surface area contributed by atoms with Gasteiger partial charge >= 0.3 is 6.09 Å². The molecule has 0 unspecified atom stereocenters. The van der Waals surface area contributed by atoms with Gasteiger partial charge in [0.15, 0.2) is 0 Å². The van der Waals surface area contributed by atoms with Gasteiger partial charge in [0.25, 0.3) is 0 Å². The van der Waals surface area contributed by atoms with Crippen LogP contribution in [-0.4, -0.2) is 29.8 Å². The standard InChI is InChI=1S/C14H28N2O2/c1-10(2)15-11-8-6-7-9-12(11)16-13(17)18-14(3,4)5/h10-12,15H,6-9H2,1-5H3,(H,16,17)/t11-,12+/m1/s1. The lowest BCUT2D eigenvalue weighted by atomic mass is 9.90. The van der Waals surface area contributed by atoms with Crippen LogP contribution in [0.1, 0.15) is 60.3 Å². The molecule has 0 saturated heterocycles. The molecule has 1 aliphatic carbocycles. The zero-order valence-electron chi connectivity index (χ0n) is 12.4. The maximum atomic E-state index is 11.8. The first-order valence-corrected chi connectivity index (χ1v) is 7.03. The van der Waals surface area contributed by atoms with Crippen molar-refractivity contribution >= 4 is 6.09 Å². The van der Waals surface area contributed by atoms with Crippen LogP contribution in [0.25, 0.3) is 0 Å². The normalized spacial score (nSPS) is 25.0. The Balaban J connectivity index is 2.48. The van der Waals surface area contributed by atoms with Crippen molar-refractivity contribution < 1.29 is 9.53 Å². The predicted molar refractivity (Wildman–Crippen MR) is 73.7 cm³/mol. The molecule has 0 spiro atoms. The minimum atomic E-state index is -0.431. The summed E-state index contributed by atoms with van der Waals surface area (Å²) in [5, 5.41) is 6.54. The van der Waals surface area contributed by atoms with Crippen molar-refractivity contribution in [3.05, 3.63) is 0 Å². The molecule has 0 bridgehead atoms. The lowest BCUT2D eigenvalue weighted by Crippen LogP contribution is -2.54. The average Bonchev–Trinajstić information content (AvgIpc) is 2.17. The number of carbonyl (C=O) groups excluding carboxylic acids is 1. The van der Waals surface area contributed by atoms with Crippen LogP contribution >= 0.6 is 0 Å². The fraction of sp³-hybridized carbons (Fsp3) is 0.929. The van der Waals surface area contributed by atoms with Gasteiger partial charge in [0.05, 0.1) is 0 Å². The summed E-state index contributed by atoms with van der Waals surface area (Å²) in [5.41, 5.74) is -0.431. The number of ether oxygens (including phenoxy) is 1. The first-order valence-electron chi connectivity index (χ1n) is 7.03. The summed E-state index contributed by atoms with van der Waals surface area (Å²) in [7, 11) is 0. The minimum Gasteiger partial charge on any atom is -0.444 e. The molecule has 1 aliphatic rings. The van der Waals surface area contributed by atoms with Crippen molar-refractivity contribution in [1.29, 1.82) is 0 Å². The van der Waals surface area contributed by atoms with E-state index >= 15 is 0 Å². The number of rotatable bonds is 3. The average molecular weight is 256 g/mol. The van der Waals surface area contributed by atoms with Crippen LogP contribution in [0.2, 0.25) is 0 Å². The number of nitrogens with one attached hydrogen (secondary N) is 2. The van der Waals surface area contributed by atoms with E-state index in [0.717, 1.165) is 12.8 Å². The smallest absolute Gasteiger partial charge is 0.407 e. The van der Waals surface area contributed by atoms with E-state index in [4.69, 9.17) is 4.74 Å². The van der Waals surface area contributed by atoms with Crippen molar-refractivity contribution in [3.63, 3.8) is 0 Å². The van der Waals surface area contributed by atoms with Gasteiger partial charge in [0.2, 0.25) is 0 Å². The Labute approximate surface area is 111 Å². The van der Waals surface area contributed by atoms with Gasteiger partial charge in [-0.25, -0.2) is 4.79 Å². The Morgan fingerprint density at radius 1 is 1.17 bits per heavy atom. The topological polar surface area (TPSA) is 50.4 Å². The number of amides is 1. The zero-order chi connectivity index (χ0) is 13.8. The van der Waals surface area contributed by atoms with Crippen LogP contribution in [0.5, 0.6) is 0 Å². The molecule has 106 valence electrons. The number of alkyl carbamates (subject to hydrolysis) is 1. The molecule has 0 heterocycles. The molecule has 0 aromatic carbocycles. The lowest BCUT2D eigenvalue weighted by molar-refractivity contribution is 0.0477. The van der Waals surface area contributed by atoms with Crippen LogP contribution in [-0.2, 0) is 4.74 Å². The van der Waals surface area contributed by atoms with E-state index in [2.05, 4.69) is 24.5 Å². The Bertz CT molecular complexity index is 271. The molecule has 2 atom stereocenters. The van der Waals surface area contributed by atoms with Crippen molar-refractivity contribution in [3.8, 4) is 0 Å².